The van der Waals surface area contributed by atoms with E-state index in [1.54, 1.807) is 0 Å². The molecule has 0 radical (unpaired) electrons. The Hall–Kier alpha value is -3.95. The van der Waals surface area contributed by atoms with Gasteiger partial charge in [-0.05, 0) is 45.2 Å². The minimum absolute atomic E-state index is 0.128. The number of hydrogen-bond donors (Lipinski definition) is 0. The van der Waals surface area contributed by atoms with Crippen molar-refractivity contribution in [3.8, 4) is 34.4 Å². The Labute approximate surface area is 156 Å². The summed E-state index contributed by atoms with van der Waals surface area (Å²) < 4.78 is 14.2. The first-order chi connectivity index (χ1) is 13.2. The number of nitriles is 2. The summed E-state index contributed by atoms with van der Waals surface area (Å²) in [4.78, 5) is 0. The highest BCUT2D eigenvalue weighted by atomic mass is 19.1. The standard InChI is InChI=1S/C24H13FN2/c25-24-18(14-26)12-17(13-19(24)15-27)21-9-3-4-10-22(21)23-11-5-7-16-6-1-2-8-20(16)23/h1-13H. The average Bonchev–Trinajstić information content (AvgIpc) is 2.73. The van der Waals surface area contributed by atoms with Gasteiger partial charge in [-0.2, -0.15) is 10.5 Å². The molecule has 0 saturated heterocycles. The molecule has 0 unspecified atom stereocenters. The summed E-state index contributed by atoms with van der Waals surface area (Å²) in [6, 6.07) is 28.7. The fraction of sp³-hybridized carbons (Fsp3) is 0. The van der Waals surface area contributed by atoms with E-state index < -0.39 is 5.82 Å². The summed E-state index contributed by atoms with van der Waals surface area (Å²) in [5.74, 6) is -0.772. The molecule has 3 heteroatoms. The molecule has 0 spiro atoms. The summed E-state index contributed by atoms with van der Waals surface area (Å²) in [7, 11) is 0. The number of fused-ring (bicyclic) bond motifs is 1. The van der Waals surface area contributed by atoms with Crippen molar-refractivity contribution in [1.82, 2.24) is 0 Å². The van der Waals surface area contributed by atoms with Gasteiger partial charge in [-0.1, -0.05) is 66.7 Å². The van der Waals surface area contributed by atoms with Crippen LogP contribution >= 0.6 is 0 Å². The largest absolute Gasteiger partial charge is 0.204 e. The topological polar surface area (TPSA) is 47.6 Å². The van der Waals surface area contributed by atoms with Crippen LogP contribution in [-0.2, 0) is 0 Å². The molecule has 0 aliphatic heterocycles. The molecule has 0 saturated carbocycles. The highest BCUT2D eigenvalue weighted by molar-refractivity contribution is 6.00. The van der Waals surface area contributed by atoms with E-state index in [0.29, 0.717) is 5.56 Å². The van der Waals surface area contributed by atoms with E-state index in [2.05, 4.69) is 18.2 Å². The van der Waals surface area contributed by atoms with Gasteiger partial charge in [-0.15, -0.1) is 0 Å². The summed E-state index contributed by atoms with van der Waals surface area (Å²) in [6.45, 7) is 0. The molecule has 0 atom stereocenters. The first-order valence-corrected chi connectivity index (χ1v) is 8.44. The number of halogens is 1. The Morgan fingerprint density at radius 2 is 1.19 bits per heavy atom. The Morgan fingerprint density at radius 1 is 0.630 bits per heavy atom. The molecule has 0 bridgehead atoms. The molecule has 0 fully saturated rings. The van der Waals surface area contributed by atoms with E-state index in [-0.39, 0.29) is 11.1 Å². The van der Waals surface area contributed by atoms with E-state index >= 15 is 0 Å². The predicted molar refractivity (Wildman–Crippen MR) is 104 cm³/mol. The van der Waals surface area contributed by atoms with Crippen LogP contribution in [0.15, 0.2) is 78.9 Å². The van der Waals surface area contributed by atoms with Gasteiger partial charge in [0, 0.05) is 0 Å². The van der Waals surface area contributed by atoms with Crippen LogP contribution in [0.4, 0.5) is 4.39 Å². The zero-order chi connectivity index (χ0) is 18.8. The third-order valence-corrected chi connectivity index (χ3v) is 4.63. The van der Waals surface area contributed by atoms with Gasteiger partial charge in [-0.25, -0.2) is 4.39 Å². The molecule has 4 aromatic rings. The fourth-order valence-electron chi connectivity index (χ4n) is 3.37. The van der Waals surface area contributed by atoms with Gasteiger partial charge in [0.1, 0.15) is 12.1 Å². The SMILES string of the molecule is N#Cc1cc(-c2ccccc2-c2cccc3ccccc23)cc(C#N)c1F. The number of nitrogens with zero attached hydrogens (tertiary/aromatic N) is 2. The van der Waals surface area contributed by atoms with Gasteiger partial charge >= 0.3 is 0 Å². The third-order valence-electron chi connectivity index (χ3n) is 4.63. The first kappa shape index (κ1) is 16.5. The molecule has 0 aliphatic carbocycles. The first-order valence-electron chi connectivity index (χ1n) is 8.44. The quantitative estimate of drug-likeness (QED) is 0.442. The molecule has 0 aliphatic rings. The van der Waals surface area contributed by atoms with Crippen molar-refractivity contribution in [2.45, 2.75) is 0 Å². The molecule has 27 heavy (non-hydrogen) atoms. The van der Waals surface area contributed by atoms with Crippen LogP contribution < -0.4 is 0 Å². The van der Waals surface area contributed by atoms with Crippen molar-refractivity contribution in [1.29, 1.82) is 10.5 Å². The molecule has 0 aromatic heterocycles. The molecule has 0 heterocycles. The van der Waals surface area contributed by atoms with Gasteiger partial charge < -0.3 is 0 Å². The molecule has 0 N–H and O–H groups in total. The van der Waals surface area contributed by atoms with Crippen LogP contribution in [0.2, 0.25) is 0 Å². The monoisotopic (exact) mass is 348 g/mol. The Balaban J connectivity index is 2.01. The second kappa shape index (κ2) is 6.75. The van der Waals surface area contributed by atoms with E-state index in [1.807, 2.05) is 60.7 Å². The van der Waals surface area contributed by atoms with Crippen molar-refractivity contribution in [3.05, 3.63) is 95.8 Å². The average molecular weight is 348 g/mol. The molecular formula is C24H13FN2. The maximum Gasteiger partial charge on any atom is 0.158 e. The van der Waals surface area contributed by atoms with Crippen molar-refractivity contribution in [3.63, 3.8) is 0 Å². The van der Waals surface area contributed by atoms with Crippen LogP contribution in [0.5, 0.6) is 0 Å². The lowest BCUT2D eigenvalue weighted by Gasteiger charge is -2.13. The van der Waals surface area contributed by atoms with Crippen molar-refractivity contribution in [2.24, 2.45) is 0 Å². The van der Waals surface area contributed by atoms with E-state index in [1.165, 1.54) is 12.1 Å². The molecule has 126 valence electrons. The molecule has 4 rings (SSSR count). The van der Waals surface area contributed by atoms with Crippen LogP contribution in [0.1, 0.15) is 11.1 Å². The van der Waals surface area contributed by atoms with Crippen LogP contribution in [0.3, 0.4) is 0 Å². The van der Waals surface area contributed by atoms with Crippen molar-refractivity contribution in [2.75, 3.05) is 0 Å². The number of benzene rings is 4. The van der Waals surface area contributed by atoms with Crippen LogP contribution in [-0.4, -0.2) is 0 Å². The fourth-order valence-corrected chi connectivity index (χ4v) is 3.37. The second-order valence-electron chi connectivity index (χ2n) is 6.18. The van der Waals surface area contributed by atoms with Gasteiger partial charge in [0.05, 0.1) is 11.1 Å². The minimum atomic E-state index is -0.772. The lowest BCUT2D eigenvalue weighted by molar-refractivity contribution is 0.620. The summed E-state index contributed by atoms with van der Waals surface area (Å²) >= 11 is 0. The highest BCUT2D eigenvalue weighted by Crippen LogP contribution is 2.37. The van der Waals surface area contributed by atoms with Gasteiger partial charge in [-0.3, -0.25) is 0 Å². The predicted octanol–water partition coefficient (Wildman–Crippen LogP) is 6.06. The lowest BCUT2D eigenvalue weighted by atomic mass is 9.90. The molecule has 0 amide bonds. The maximum atomic E-state index is 14.2. The Bertz CT molecular complexity index is 1220. The second-order valence-corrected chi connectivity index (χ2v) is 6.18. The van der Waals surface area contributed by atoms with Gasteiger partial charge in [0.25, 0.3) is 0 Å². The third kappa shape index (κ3) is 2.82. The zero-order valence-electron chi connectivity index (χ0n) is 14.3. The minimum Gasteiger partial charge on any atom is -0.204 e. The molecule has 2 nitrogen and oxygen atoms in total. The lowest BCUT2D eigenvalue weighted by Crippen LogP contribution is -1.93. The normalized spacial score (nSPS) is 10.3. The van der Waals surface area contributed by atoms with E-state index in [0.717, 1.165) is 27.5 Å². The van der Waals surface area contributed by atoms with Crippen molar-refractivity contribution < 1.29 is 4.39 Å². The van der Waals surface area contributed by atoms with Gasteiger partial charge in [0.15, 0.2) is 5.82 Å². The Morgan fingerprint density at radius 3 is 1.89 bits per heavy atom. The molecule has 4 aromatic carbocycles. The summed E-state index contributed by atoms with van der Waals surface area (Å²) in [5, 5.41) is 20.7. The molecular weight excluding hydrogens is 335 g/mol. The Kier molecular flexibility index (Phi) is 4.13. The summed E-state index contributed by atoms with van der Waals surface area (Å²) in [6.07, 6.45) is 0. The number of rotatable bonds is 2. The maximum absolute atomic E-state index is 14.2. The van der Waals surface area contributed by atoms with Crippen LogP contribution in [0, 0.1) is 28.5 Å². The smallest absolute Gasteiger partial charge is 0.158 e. The van der Waals surface area contributed by atoms with E-state index in [4.69, 9.17) is 0 Å². The van der Waals surface area contributed by atoms with Crippen LogP contribution in [0.25, 0.3) is 33.0 Å². The van der Waals surface area contributed by atoms with Crippen molar-refractivity contribution >= 4 is 10.8 Å². The summed E-state index contributed by atoms with van der Waals surface area (Å²) in [5.41, 5.74) is 3.25. The highest BCUT2D eigenvalue weighted by Gasteiger charge is 2.15. The number of hydrogen-bond acceptors (Lipinski definition) is 2. The zero-order valence-corrected chi connectivity index (χ0v) is 14.3. The van der Waals surface area contributed by atoms with Gasteiger partial charge in [0.2, 0.25) is 0 Å². The van der Waals surface area contributed by atoms with E-state index in [9.17, 15) is 14.9 Å².